The van der Waals surface area contributed by atoms with Crippen molar-refractivity contribution >= 4 is 27.3 Å². The fourth-order valence-electron chi connectivity index (χ4n) is 1.84. The summed E-state index contributed by atoms with van der Waals surface area (Å²) in [5.74, 6) is -0.352. The molecule has 4 nitrogen and oxygen atoms in total. The molecule has 0 saturated heterocycles. The summed E-state index contributed by atoms with van der Waals surface area (Å²) in [5.41, 5.74) is 6.48. The first-order valence-electron chi connectivity index (χ1n) is 6.17. The smallest absolute Gasteiger partial charge is 0.242 e. The average Bonchev–Trinajstić information content (AvgIpc) is 2.41. The van der Waals surface area contributed by atoms with Crippen molar-refractivity contribution < 1.29 is 12.8 Å². The zero-order valence-corrected chi connectivity index (χ0v) is 12.6. The van der Waals surface area contributed by atoms with E-state index in [0.717, 1.165) is 0 Å². The number of sulfonamides is 1. The van der Waals surface area contributed by atoms with Crippen molar-refractivity contribution in [1.29, 1.82) is 0 Å². The Labute approximate surface area is 127 Å². The topological polar surface area (TPSA) is 72.2 Å². The fraction of sp³-hybridized carbons (Fsp3) is 0.143. The van der Waals surface area contributed by atoms with Crippen molar-refractivity contribution in [2.75, 3.05) is 12.3 Å². The minimum atomic E-state index is -3.75. The monoisotopic (exact) mass is 328 g/mol. The Morgan fingerprint density at radius 2 is 1.95 bits per heavy atom. The maximum absolute atomic E-state index is 13.0. The van der Waals surface area contributed by atoms with Crippen LogP contribution < -0.4 is 10.5 Å². The number of anilines is 1. The lowest BCUT2D eigenvalue weighted by molar-refractivity contribution is 0.582. The SMILES string of the molecule is Nc1ccc(Cl)cc1S(=O)(=O)NCCc1cccc(F)c1. The molecule has 21 heavy (non-hydrogen) atoms. The van der Waals surface area contributed by atoms with Gasteiger partial charge in [-0.25, -0.2) is 17.5 Å². The van der Waals surface area contributed by atoms with Crippen molar-refractivity contribution in [3.05, 3.63) is 58.9 Å². The van der Waals surface area contributed by atoms with Crippen LogP contribution in [0.1, 0.15) is 5.56 Å². The van der Waals surface area contributed by atoms with E-state index in [-0.39, 0.29) is 28.0 Å². The number of nitrogen functional groups attached to an aromatic ring is 1. The van der Waals surface area contributed by atoms with Crippen LogP contribution in [0.25, 0.3) is 0 Å². The number of benzene rings is 2. The second-order valence-electron chi connectivity index (χ2n) is 4.46. The molecule has 0 spiro atoms. The summed E-state index contributed by atoms with van der Waals surface area (Å²) >= 11 is 5.78. The van der Waals surface area contributed by atoms with Crippen molar-refractivity contribution in [2.45, 2.75) is 11.3 Å². The first-order valence-corrected chi connectivity index (χ1v) is 8.04. The molecule has 0 radical (unpaired) electrons. The van der Waals surface area contributed by atoms with Crippen LogP contribution in [0, 0.1) is 5.82 Å². The van der Waals surface area contributed by atoms with Gasteiger partial charge in [0.15, 0.2) is 0 Å². The minimum absolute atomic E-state index is 0.0609. The van der Waals surface area contributed by atoms with E-state index in [1.165, 1.54) is 30.3 Å². The van der Waals surface area contributed by atoms with E-state index in [9.17, 15) is 12.8 Å². The van der Waals surface area contributed by atoms with Gasteiger partial charge in [-0.2, -0.15) is 0 Å². The lowest BCUT2D eigenvalue weighted by atomic mass is 10.1. The third-order valence-electron chi connectivity index (χ3n) is 2.86. The third kappa shape index (κ3) is 4.17. The number of halogens is 2. The lowest BCUT2D eigenvalue weighted by Crippen LogP contribution is -2.26. The van der Waals surface area contributed by atoms with Crippen molar-refractivity contribution in [2.24, 2.45) is 0 Å². The van der Waals surface area contributed by atoms with Gasteiger partial charge in [0.05, 0.1) is 5.69 Å². The van der Waals surface area contributed by atoms with Crippen LogP contribution in [0.5, 0.6) is 0 Å². The Balaban J connectivity index is 2.06. The second-order valence-corrected chi connectivity index (χ2v) is 6.63. The molecule has 2 aromatic rings. The minimum Gasteiger partial charge on any atom is -0.398 e. The van der Waals surface area contributed by atoms with E-state index in [4.69, 9.17) is 17.3 Å². The predicted molar refractivity (Wildman–Crippen MR) is 81.2 cm³/mol. The van der Waals surface area contributed by atoms with Crippen molar-refractivity contribution in [3.63, 3.8) is 0 Å². The molecule has 0 heterocycles. The Bertz CT molecular complexity index is 750. The van der Waals surface area contributed by atoms with E-state index < -0.39 is 10.0 Å². The standard InChI is InChI=1S/C14H14ClFN2O2S/c15-11-4-5-13(17)14(9-11)21(19,20)18-7-6-10-2-1-3-12(16)8-10/h1-5,8-9,18H,6-7,17H2. The lowest BCUT2D eigenvalue weighted by Gasteiger charge is -2.09. The first kappa shape index (κ1) is 15.8. The zero-order chi connectivity index (χ0) is 15.5. The molecule has 0 fully saturated rings. The second kappa shape index (κ2) is 6.43. The number of nitrogens with two attached hydrogens (primary N) is 1. The van der Waals surface area contributed by atoms with Gasteiger partial charge in [0.25, 0.3) is 0 Å². The molecule has 0 aliphatic heterocycles. The Hall–Kier alpha value is -1.63. The van der Waals surface area contributed by atoms with Gasteiger partial charge in [0.1, 0.15) is 10.7 Å². The molecule has 0 atom stereocenters. The molecule has 2 aromatic carbocycles. The van der Waals surface area contributed by atoms with E-state index in [1.807, 2.05) is 0 Å². The summed E-state index contributed by atoms with van der Waals surface area (Å²) in [4.78, 5) is -0.0609. The third-order valence-corrected chi connectivity index (χ3v) is 4.61. The summed E-state index contributed by atoms with van der Waals surface area (Å²) < 4.78 is 39.7. The van der Waals surface area contributed by atoms with Crippen LogP contribution in [0.4, 0.5) is 10.1 Å². The van der Waals surface area contributed by atoms with Crippen LogP contribution in [0.3, 0.4) is 0 Å². The predicted octanol–water partition coefficient (Wildman–Crippen LogP) is 2.58. The molecule has 3 N–H and O–H groups in total. The fourth-order valence-corrected chi connectivity index (χ4v) is 3.26. The molecule has 0 aliphatic carbocycles. The maximum atomic E-state index is 13.0. The van der Waals surface area contributed by atoms with Crippen LogP contribution in [0.2, 0.25) is 5.02 Å². The maximum Gasteiger partial charge on any atom is 0.242 e. The van der Waals surface area contributed by atoms with Gasteiger partial charge in [-0.3, -0.25) is 0 Å². The molecular weight excluding hydrogens is 315 g/mol. The van der Waals surface area contributed by atoms with Crippen molar-refractivity contribution in [3.8, 4) is 0 Å². The van der Waals surface area contributed by atoms with Gasteiger partial charge >= 0.3 is 0 Å². The van der Waals surface area contributed by atoms with Crippen LogP contribution in [0.15, 0.2) is 47.4 Å². The van der Waals surface area contributed by atoms with E-state index >= 15 is 0 Å². The van der Waals surface area contributed by atoms with Gasteiger partial charge in [-0.05, 0) is 42.3 Å². The van der Waals surface area contributed by atoms with Crippen molar-refractivity contribution in [1.82, 2.24) is 4.72 Å². The first-order chi connectivity index (χ1) is 9.88. The largest absolute Gasteiger partial charge is 0.398 e. The summed E-state index contributed by atoms with van der Waals surface area (Å²) in [6, 6.07) is 10.2. The Kier molecular flexibility index (Phi) is 4.82. The van der Waals surface area contributed by atoms with Gasteiger partial charge < -0.3 is 5.73 Å². The quantitative estimate of drug-likeness (QED) is 0.829. The Morgan fingerprint density at radius 3 is 2.67 bits per heavy atom. The molecule has 0 unspecified atom stereocenters. The number of rotatable bonds is 5. The highest BCUT2D eigenvalue weighted by molar-refractivity contribution is 7.89. The molecule has 0 bridgehead atoms. The summed E-state index contributed by atoms with van der Waals surface area (Å²) in [6.07, 6.45) is 0.372. The van der Waals surface area contributed by atoms with Gasteiger partial charge in [-0.15, -0.1) is 0 Å². The van der Waals surface area contributed by atoms with Gasteiger partial charge in [0.2, 0.25) is 10.0 Å². The van der Waals surface area contributed by atoms with Gasteiger partial charge in [-0.1, -0.05) is 23.7 Å². The molecular formula is C14H14ClFN2O2S. The number of hydrogen-bond donors (Lipinski definition) is 2. The highest BCUT2D eigenvalue weighted by Gasteiger charge is 2.17. The van der Waals surface area contributed by atoms with Crippen LogP contribution >= 0.6 is 11.6 Å². The average molecular weight is 329 g/mol. The summed E-state index contributed by atoms with van der Waals surface area (Å²) in [5, 5.41) is 0.287. The Morgan fingerprint density at radius 1 is 1.19 bits per heavy atom. The molecule has 0 aliphatic rings. The molecule has 2 rings (SSSR count). The molecule has 7 heteroatoms. The normalized spacial score (nSPS) is 11.5. The van der Waals surface area contributed by atoms with E-state index in [2.05, 4.69) is 4.72 Å². The van der Waals surface area contributed by atoms with E-state index in [0.29, 0.717) is 12.0 Å². The highest BCUT2D eigenvalue weighted by Crippen LogP contribution is 2.22. The van der Waals surface area contributed by atoms with Crippen LogP contribution in [-0.4, -0.2) is 15.0 Å². The van der Waals surface area contributed by atoms with Crippen LogP contribution in [-0.2, 0) is 16.4 Å². The summed E-state index contributed by atoms with van der Waals surface area (Å²) in [6.45, 7) is 0.137. The number of hydrogen-bond acceptors (Lipinski definition) is 3. The summed E-state index contributed by atoms with van der Waals surface area (Å²) in [7, 11) is -3.75. The molecule has 0 saturated carbocycles. The molecule has 112 valence electrons. The molecule has 0 amide bonds. The zero-order valence-electron chi connectivity index (χ0n) is 11.0. The molecule has 0 aromatic heterocycles. The van der Waals surface area contributed by atoms with Gasteiger partial charge in [0, 0.05) is 11.6 Å². The highest BCUT2D eigenvalue weighted by atomic mass is 35.5. The number of nitrogens with one attached hydrogen (secondary N) is 1. The van der Waals surface area contributed by atoms with E-state index in [1.54, 1.807) is 12.1 Å².